The van der Waals surface area contributed by atoms with Crippen molar-refractivity contribution >= 4 is 58.2 Å². The molecule has 1 N–H and O–H groups in total. The van der Waals surface area contributed by atoms with Crippen LogP contribution in [0.1, 0.15) is 23.4 Å². The van der Waals surface area contributed by atoms with Gasteiger partial charge in [0.15, 0.2) is 5.76 Å². The van der Waals surface area contributed by atoms with Crippen LogP contribution in [0.3, 0.4) is 0 Å². The predicted molar refractivity (Wildman–Crippen MR) is 130 cm³/mol. The van der Waals surface area contributed by atoms with Crippen molar-refractivity contribution in [2.24, 2.45) is 0 Å². The Balaban J connectivity index is 0.00000272. The van der Waals surface area contributed by atoms with Crippen LogP contribution in [-0.2, 0) is 0 Å². The van der Waals surface area contributed by atoms with Gasteiger partial charge in [-0.05, 0) is 43.7 Å². The molecule has 0 aliphatic carbocycles. The van der Waals surface area contributed by atoms with Crippen molar-refractivity contribution in [2.45, 2.75) is 12.8 Å². The minimum atomic E-state index is -0.154. The van der Waals surface area contributed by atoms with Gasteiger partial charge in [-0.3, -0.25) is 9.69 Å². The molecule has 1 saturated heterocycles. The van der Waals surface area contributed by atoms with Gasteiger partial charge < -0.3 is 14.6 Å². The predicted octanol–water partition coefficient (Wildman–Crippen LogP) is 5.49. The molecular weight excluding hydrogens is 457 g/mol. The summed E-state index contributed by atoms with van der Waals surface area (Å²) >= 11 is 12.5. The molecule has 0 bridgehead atoms. The van der Waals surface area contributed by atoms with Gasteiger partial charge in [0, 0.05) is 38.1 Å². The van der Waals surface area contributed by atoms with Crippen LogP contribution in [0.25, 0.3) is 11.0 Å². The number of amides is 1. The lowest BCUT2D eigenvalue weighted by Gasteiger charge is -2.36. The zero-order chi connectivity index (χ0) is 20.9. The summed E-state index contributed by atoms with van der Waals surface area (Å²) in [6.07, 6.45) is 1.98. The van der Waals surface area contributed by atoms with Crippen molar-refractivity contribution in [2.75, 3.05) is 44.2 Å². The van der Waals surface area contributed by atoms with E-state index in [9.17, 15) is 4.79 Å². The van der Waals surface area contributed by atoms with Crippen LogP contribution in [0.4, 0.5) is 5.69 Å². The van der Waals surface area contributed by atoms with Crippen molar-refractivity contribution in [1.29, 1.82) is 0 Å². The third-order valence-electron chi connectivity index (χ3n) is 5.48. The third-order valence-corrected chi connectivity index (χ3v) is 6.29. The average Bonchev–Trinajstić information content (AvgIpc) is 3.20. The van der Waals surface area contributed by atoms with Gasteiger partial charge in [-0.2, -0.15) is 0 Å². The van der Waals surface area contributed by atoms with Crippen molar-refractivity contribution in [1.82, 2.24) is 10.2 Å². The third kappa shape index (κ3) is 5.86. The fourth-order valence-corrected chi connectivity index (χ4v) is 4.21. The maximum Gasteiger partial charge on any atom is 0.287 e. The highest BCUT2D eigenvalue weighted by atomic mass is 35.5. The van der Waals surface area contributed by atoms with Gasteiger partial charge in [-0.15, -0.1) is 12.4 Å². The molecule has 0 atom stereocenters. The molecule has 5 nitrogen and oxygen atoms in total. The fourth-order valence-electron chi connectivity index (χ4n) is 3.79. The minimum absolute atomic E-state index is 0. The summed E-state index contributed by atoms with van der Waals surface area (Å²) in [5, 5.41) is 5.13. The molecule has 0 unspecified atom stereocenters. The Morgan fingerprint density at radius 3 is 2.55 bits per heavy atom. The molecule has 0 radical (unpaired) electrons. The van der Waals surface area contributed by atoms with Crippen molar-refractivity contribution in [3.8, 4) is 0 Å². The molecule has 31 heavy (non-hydrogen) atoms. The van der Waals surface area contributed by atoms with E-state index in [2.05, 4.69) is 15.1 Å². The molecule has 1 aromatic heterocycles. The second kappa shape index (κ2) is 11.1. The number of fused-ring (bicyclic) bond motifs is 1. The van der Waals surface area contributed by atoms with E-state index in [1.807, 2.05) is 42.5 Å². The first-order valence-electron chi connectivity index (χ1n) is 10.3. The van der Waals surface area contributed by atoms with E-state index in [0.717, 1.165) is 62.2 Å². The van der Waals surface area contributed by atoms with Gasteiger partial charge in [-0.25, -0.2) is 0 Å². The number of halogens is 3. The highest BCUT2D eigenvalue weighted by Gasteiger charge is 2.19. The molecule has 4 rings (SSSR count). The normalized spacial score (nSPS) is 14.5. The van der Waals surface area contributed by atoms with E-state index in [1.54, 1.807) is 6.07 Å². The Hall–Kier alpha value is -1.92. The second-order valence-electron chi connectivity index (χ2n) is 7.51. The molecule has 166 valence electrons. The number of carbonyl (C=O) groups is 1. The lowest BCUT2D eigenvalue weighted by Crippen LogP contribution is -2.46. The van der Waals surface area contributed by atoms with E-state index in [0.29, 0.717) is 22.4 Å². The van der Waals surface area contributed by atoms with Crippen LogP contribution >= 0.6 is 35.6 Å². The van der Waals surface area contributed by atoms with E-state index in [1.165, 1.54) is 0 Å². The minimum Gasteiger partial charge on any atom is -0.451 e. The molecule has 1 aliphatic rings. The molecule has 0 saturated carbocycles. The first kappa shape index (κ1) is 23.7. The molecule has 1 fully saturated rings. The maximum absolute atomic E-state index is 12.3. The number of furan rings is 1. The molecule has 2 heterocycles. The van der Waals surface area contributed by atoms with Crippen LogP contribution < -0.4 is 10.2 Å². The first-order chi connectivity index (χ1) is 14.6. The van der Waals surface area contributed by atoms with Crippen LogP contribution in [0, 0.1) is 0 Å². The lowest BCUT2D eigenvalue weighted by molar-refractivity contribution is 0.0927. The Bertz CT molecular complexity index is 983. The molecule has 1 amide bonds. The summed E-state index contributed by atoms with van der Waals surface area (Å²) in [5.41, 5.74) is 1.75. The van der Waals surface area contributed by atoms with Gasteiger partial charge in [-0.1, -0.05) is 47.5 Å². The number of piperazine rings is 1. The van der Waals surface area contributed by atoms with Gasteiger partial charge in [0.05, 0.1) is 15.7 Å². The number of nitrogens with zero attached hydrogens (tertiary/aromatic N) is 2. The molecule has 0 spiro atoms. The molecule has 2 aromatic carbocycles. The number of nitrogens with one attached hydrogen (secondary N) is 1. The Kier molecular flexibility index (Phi) is 8.50. The molecule has 3 aromatic rings. The van der Waals surface area contributed by atoms with Crippen molar-refractivity contribution < 1.29 is 9.21 Å². The Morgan fingerprint density at radius 1 is 1.00 bits per heavy atom. The second-order valence-corrected chi connectivity index (χ2v) is 8.30. The van der Waals surface area contributed by atoms with Crippen LogP contribution in [0.5, 0.6) is 0 Å². The average molecular weight is 483 g/mol. The van der Waals surface area contributed by atoms with Gasteiger partial charge in [0.1, 0.15) is 5.58 Å². The molecule has 8 heteroatoms. The number of para-hydroxylation sites is 1. The zero-order valence-electron chi connectivity index (χ0n) is 17.2. The summed E-state index contributed by atoms with van der Waals surface area (Å²) in [5.74, 6) is 0.213. The highest BCUT2D eigenvalue weighted by molar-refractivity contribution is 6.43. The number of hydrogen-bond acceptors (Lipinski definition) is 4. The number of rotatable bonds is 7. The Labute approximate surface area is 198 Å². The van der Waals surface area contributed by atoms with E-state index < -0.39 is 0 Å². The van der Waals surface area contributed by atoms with E-state index >= 15 is 0 Å². The van der Waals surface area contributed by atoms with Gasteiger partial charge in [0.25, 0.3) is 5.91 Å². The number of carbonyl (C=O) groups excluding carboxylic acids is 1. The van der Waals surface area contributed by atoms with E-state index in [4.69, 9.17) is 27.6 Å². The van der Waals surface area contributed by atoms with Crippen molar-refractivity contribution in [3.63, 3.8) is 0 Å². The van der Waals surface area contributed by atoms with Gasteiger partial charge >= 0.3 is 0 Å². The van der Waals surface area contributed by atoms with Crippen molar-refractivity contribution in [3.05, 3.63) is 64.3 Å². The van der Waals surface area contributed by atoms with Crippen LogP contribution in [0.15, 0.2) is 52.9 Å². The summed E-state index contributed by atoms with van der Waals surface area (Å²) in [4.78, 5) is 17.0. The standard InChI is InChI=1S/C23H25Cl2N3O2.ClH/c24-18-7-5-8-19(22(18)25)28-14-12-27(13-15-28)11-4-3-10-26-23(29)21-16-17-6-1-2-9-20(17)30-21;/h1-2,5-9,16H,3-4,10-15H2,(H,26,29);1H. The fraction of sp³-hybridized carbons (Fsp3) is 0.348. The van der Waals surface area contributed by atoms with E-state index in [-0.39, 0.29) is 18.3 Å². The maximum atomic E-state index is 12.3. The largest absolute Gasteiger partial charge is 0.451 e. The summed E-state index contributed by atoms with van der Waals surface area (Å²) in [7, 11) is 0. The van der Waals surface area contributed by atoms with Crippen LogP contribution in [0.2, 0.25) is 10.0 Å². The monoisotopic (exact) mass is 481 g/mol. The SMILES string of the molecule is Cl.O=C(NCCCCN1CCN(c2cccc(Cl)c2Cl)CC1)c1cc2ccccc2o1. The summed E-state index contributed by atoms with van der Waals surface area (Å²) in [6, 6.07) is 15.2. The lowest BCUT2D eigenvalue weighted by atomic mass is 10.2. The zero-order valence-corrected chi connectivity index (χ0v) is 19.5. The first-order valence-corrected chi connectivity index (χ1v) is 11.1. The molecule has 1 aliphatic heterocycles. The quantitative estimate of drug-likeness (QED) is 0.452. The number of benzene rings is 2. The topological polar surface area (TPSA) is 48.7 Å². The van der Waals surface area contributed by atoms with Crippen LogP contribution in [-0.4, -0.2) is 50.1 Å². The summed E-state index contributed by atoms with van der Waals surface area (Å²) in [6.45, 7) is 5.53. The van der Waals surface area contributed by atoms with Gasteiger partial charge in [0.2, 0.25) is 0 Å². The number of unbranched alkanes of at least 4 members (excludes halogenated alkanes) is 1. The summed E-state index contributed by atoms with van der Waals surface area (Å²) < 4.78 is 5.60. The number of hydrogen-bond donors (Lipinski definition) is 1. The smallest absolute Gasteiger partial charge is 0.287 e. The highest BCUT2D eigenvalue weighted by Crippen LogP contribution is 2.32. The Morgan fingerprint density at radius 2 is 1.77 bits per heavy atom. The molecular formula is C23H26Cl3N3O2. The number of anilines is 1.